The van der Waals surface area contributed by atoms with Crippen LogP contribution in [0.15, 0.2) is 42.5 Å². The third-order valence-corrected chi connectivity index (χ3v) is 3.76. The second kappa shape index (κ2) is 8.98. The standard InChI is InChI=1S/C18H22N2O3S/c1-21-15-9-14(10-16(22-2)17(15)23-3)12-20-18(24)19-11-13-7-5-4-6-8-13/h4-10H,11-12H2,1-3H3,(H2,19,20,24). The van der Waals surface area contributed by atoms with Crippen LogP contribution in [0.3, 0.4) is 0 Å². The number of hydrogen-bond acceptors (Lipinski definition) is 4. The zero-order chi connectivity index (χ0) is 17.4. The normalized spacial score (nSPS) is 9.96. The Kier molecular flexibility index (Phi) is 6.69. The minimum atomic E-state index is 0.553. The third-order valence-electron chi connectivity index (χ3n) is 3.47. The number of hydrogen-bond donors (Lipinski definition) is 2. The van der Waals surface area contributed by atoms with Crippen LogP contribution in [0.1, 0.15) is 11.1 Å². The van der Waals surface area contributed by atoms with E-state index in [1.54, 1.807) is 21.3 Å². The van der Waals surface area contributed by atoms with Gasteiger partial charge in [0.1, 0.15) is 0 Å². The van der Waals surface area contributed by atoms with Gasteiger partial charge < -0.3 is 24.8 Å². The van der Waals surface area contributed by atoms with Gasteiger partial charge in [-0.3, -0.25) is 0 Å². The van der Waals surface area contributed by atoms with Gasteiger partial charge in [-0.1, -0.05) is 30.3 Å². The molecule has 0 atom stereocenters. The van der Waals surface area contributed by atoms with Gasteiger partial charge in [-0.05, 0) is 35.5 Å². The molecule has 128 valence electrons. The van der Waals surface area contributed by atoms with Crippen LogP contribution in [0.5, 0.6) is 17.2 Å². The molecular weight excluding hydrogens is 324 g/mol. The van der Waals surface area contributed by atoms with Crippen LogP contribution in [0.2, 0.25) is 0 Å². The van der Waals surface area contributed by atoms with Crippen LogP contribution in [0, 0.1) is 0 Å². The maximum atomic E-state index is 5.35. The van der Waals surface area contributed by atoms with Crippen LogP contribution < -0.4 is 24.8 Å². The highest BCUT2D eigenvalue weighted by Crippen LogP contribution is 2.38. The summed E-state index contributed by atoms with van der Waals surface area (Å²) in [4.78, 5) is 0. The highest BCUT2D eigenvalue weighted by Gasteiger charge is 2.13. The molecule has 0 heterocycles. The summed E-state index contributed by atoms with van der Waals surface area (Å²) in [6.45, 7) is 1.24. The van der Waals surface area contributed by atoms with Crippen molar-refractivity contribution in [3.8, 4) is 17.2 Å². The average Bonchev–Trinajstić information content (AvgIpc) is 2.64. The van der Waals surface area contributed by atoms with Crippen LogP contribution in [-0.2, 0) is 13.1 Å². The summed E-state index contributed by atoms with van der Waals surface area (Å²) in [5.41, 5.74) is 2.16. The Balaban J connectivity index is 1.94. The van der Waals surface area contributed by atoms with E-state index in [4.69, 9.17) is 26.4 Å². The Morgan fingerprint density at radius 1 is 0.833 bits per heavy atom. The predicted molar refractivity (Wildman–Crippen MR) is 98.8 cm³/mol. The number of benzene rings is 2. The Hall–Kier alpha value is -2.47. The lowest BCUT2D eigenvalue weighted by molar-refractivity contribution is 0.323. The van der Waals surface area contributed by atoms with Crippen molar-refractivity contribution in [2.45, 2.75) is 13.1 Å². The van der Waals surface area contributed by atoms with E-state index in [2.05, 4.69) is 22.8 Å². The number of rotatable bonds is 7. The van der Waals surface area contributed by atoms with Gasteiger partial charge in [0, 0.05) is 13.1 Å². The predicted octanol–water partition coefficient (Wildman–Crippen LogP) is 2.88. The molecule has 0 aromatic heterocycles. The first-order valence-corrected chi connectivity index (χ1v) is 7.93. The fourth-order valence-corrected chi connectivity index (χ4v) is 2.40. The Bertz CT molecular complexity index is 652. The SMILES string of the molecule is COc1cc(CNC(=S)NCc2ccccc2)cc(OC)c1OC. The summed E-state index contributed by atoms with van der Waals surface area (Å²) in [6, 6.07) is 13.9. The second-order valence-corrected chi connectivity index (χ2v) is 5.46. The first-order valence-electron chi connectivity index (χ1n) is 7.52. The highest BCUT2D eigenvalue weighted by molar-refractivity contribution is 7.80. The molecule has 0 aliphatic rings. The van der Waals surface area contributed by atoms with E-state index < -0.39 is 0 Å². The van der Waals surface area contributed by atoms with Crippen LogP contribution in [0.25, 0.3) is 0 Å². The van der Waals surface area contributed by atoms with Crippen molar-refractivity contribution in [2.24, 2.45) is 0 Å². The molecule has 0 amide bonds. The molecule has 5 nitrogen and oxygen atoms in total. The van der Waals surface area contributed by atoms with Crippen molar-refractivity contribution in [2.75, 3.05) is 21.3 Å². The summed E-state index contributed by atoms with van der Waals surface area (Å²) >= 11 is 5.31. The van der Waals surface area contributed by atoms with Crippen LogP contribution in [0.4, 0.5) is 0 Å². The first kappa shape index (κ1) is 17.9. The lowest BCUT2D eigenvalue weighted by Crippen LogP contribution is -2.34. The van der Waals surface area contributed by atoms with Crippen molar-refractivity contribution in [1.29, 1.82) is 0 Å². The highest BCUT2D eigenvalue weighted by atomic mass is 32.1. The topological polar surface area (TPSA) is 51.8 Å². The Labute approximate surface area is 147 Å². The molecule has 0 bridgehead atoms. The van der Waals surface area contributed by atoms with Crippen molar-refractivity contribution in [3.63, 3.8) is 0 Å². The van der Waals surface area contributed by atoms with Gasteiger partial charge in [0.2, 0.25) is 5.75 Å². The van der Waals surface area contributed by atoms with Gasteiger partial charge in [0.15, 0.2) is 16.6 Å². The number of nitrogens with one attached hydrogen (secondary N) is 2. The quantitative estimate of drug-likeness (QED) is 0.752. The summed E-state index contributed by atoms with van der Waals surface area (Å²) in [5.74, 6) is 1.82. The van der Waals surface area contributed by atoms with E-state index in [1.165, 1.54) is 5.56 Å². The molecule has 0 unspecified atom stereocenters. The van der Waals surface area contributed by atoms with Crippen molar-refractivity contribution in [3.05, 3.63) is 53.6 Å². The minimum absolute atomic E-state index is 0.553. The smallest absolute Gasteiger partial charge is 0.203 e. The van der Waals surface area contributed by atoms with Crippen LogP contribution in [-0.4, -0.2) is 26.4 Å². The van der Waals surface area contributed by atoms with Gasteiger partial charge in [-0.25, -0.2) is 0 Å². The summed E-state index contributed by atoms with van der Waals surface area (Å²) in [6.07, 6.45) is 0. The molecule has 0 fully saturated rings. The fourth-order valence-electron chi connectivity index (χ4n) is 2.26. The molecule has 2 rings (SSSR count). The van der Waals surface area contributed by atoms with Crippen molar-refractivity contribution in [1.82, 2.24) is 10.6 Å². The maximum absolute atomic E-state index is 5.35. The van der Waals surface area contributed by atoms with E-state index in [1.807, 2.05) is 30.3 Å². The van der Waals surface area contributed by atoms with E-state index in [0.717, 1.165) is 5.56 Å². The molecule has 2 aromatic rings. The fraction of sp³-hybridized carbons (Fsp3) is 0.278. The molecular formula is C18H22N2O3S. The van der Waals surface area contributed by atoms with Crippen molar-refractivity contribution >= 4 is 17.3 Å². The molecule has 0 aliphatic heterocycles. The average molecular weight is 346 g/mol. The van der Waals surface area contributed by atoms with Gasteiger partial charge in [0.05, 0.1) is 21.3 Å². The van der Waals surface area contributed by atoms with Crippen molar-refractivity contribution < 1.29 is 14.2 Å². The monoisotopic (exact) mass is 346 g/mol. The van der Waals surface area contributed by atoms with Gasteiger partial charge in [-0.15, -0.1) is 0 Å². The maximum Gasteiger partial charge on any atom is 0.203 e. The second-order valence-electron chi connectivity index (χ2n) is 5.06. The third kappa shape index (κ3) is 4.76. The van der Waals surface area contributed by atoms with E-state index in [9.17, 15) is 0 Å². The van der Waals surface area contributed by atoms with Gasteiger partial charge in [0.25, 0.3) is 0 Å². The molecule has 0 saturated carbocycles. The lowest BCUT2D eigenvalue weighted by Gasteiger charge is -2.15. The largest absolute Gasteiger partial charge is 0.493 e. The molecule has 0 radical (unpaired) electrons. The number of ether oxygens (including phenoxy) is 3. The first-order chi connectivity index (χ1) is 11.7. The molecule has 0 aliphatic carbocycles. The minimum Gasteiger partial charge on any atom is -0.493 e. The van der Waals surface area contributed by atoms with E-state index >= 15 is 0 Å². The zero-order valence-corrected chi connectivity index (χ0v) is 14.9. The van der Waals surface area contributed by atoms with E-state index in [-0.39, 0.29) is 0 Å². The summed E-state index contributed by atoms with van der Waals surface area (Å²) in [7, 11) is 4.78. The molecule has 0 spiro atoms. The molecule has 6 heteroatoms. The van der Waals surface area contributed by atoms with Crippen LogP contribution >= 0.6 is 12.2 Å². The van der Waals surface area contributed by atoms with Gasteiger partial charge >= 0.3 is 0 Å². The Morgan fingerprint density at radius 2 is 1.38 bits per heavy atom. The summed E-state index contributed by atoms with van der Waals surface area (Å²) < 4.78 is 16.0. The van der Waals surface area contributed by atoms with E-state index in [0.29, 0.717) is 35.5 Å². The lowest BCUT2D eigenvalue weighted by atomic mass is 10.2. The number of methoxy groups -OCH3 is 3. The van der Waals surface area contributed by atoms with Gasteiger partial charge in [-0.2, -0.15) is 0 Å². The Morgan fingerprint density at radius 3 is 1.88 bits per heavy atom. The molecule has 24 heavy (non-hydrogen) atoms. The zero-order valence-electron chi connectivity index (χ0n) is 14.1. The number of thiocarbonyl (C=S) groups is 1. The molecule has 2 N–H and O–H groups in total. The molecule has 0 saturated heterocycles. The molecule has 2 aromatic carbocycles. The summed E-state index contributed by atoms with van der Waals surface area (Å²) in [5, 5.41) is 6.95.